The summed E-state index contributed by atoms with van der Waals surface area (Å²) in [5.74, 6) is 0.0797. The number of Topliss-reactive ketones (excluding diaryl/α,β-unsaturated/α-hetero) is 1. The van der Waals surface area contributed by atoms with Gasteiger partial charge in [-0.3, -0.25) is 4.79 Å². The van der Waals surface area contributed by atoms with Crippen LogP contribution in [0.2, 0.25) is 0 Å². The van der Waals surface area contributed by atoms with Gasteiger partial charge in [-0.05, 0) is 62.9 Å². The zero-order valence-electron chi connectivity index (χ0n) is 20.2. The number of carbonyl (C=O) groups excluding carboxylic acids is 2. The molecule has 2 aliphatic rings. The Morgan fingerprint density at radius 2 is 1.91 bits per heavy atom. The first kappa shape index (κ1) is 24.7. The van der Waals surface area contributed by atoms with Gasteiger partial charge in [-0.1, -0.05) is 29.8 Å². The van der Waals surface area contributed by atoms with Gasteiger partial charge in [-0.2, -0.15) is 0 Å². The summed E-state index contributed by atoms with van der Waals surface area (Å²) in [5.41, 5.74) is 3.84. The fourth-order valence-electron chi connectivity index (χ4n) is 4.72. The lowest BCUT2D eigenvalue weighted by Crippen LogP contribution is -2.38. The second-order valence-electron chi connectivity index (χ2n) is 9.62. The van der Waals surface area contributed by atoms with Crippen LogP contribution in [0, 0.1) is 12.3 Å². The van der Waals surface area contributed by atoms with Gasteiger partial charge in [0.1, 0.15) is 12.4 Å². The predicted molar refractivity (Wildman–Crippen MR) is 138 cm³/mol. The monoisotopic (exact) mass is 543 g/mol. The molecule has 5 nitrogen and oxygen atoms in total. The minimum Gasteiger partial charge on any atom is -0.489 e. The van der Waals surface area contributed by atoms with E-state index in [2.05, 4.69) is 48.1 Å². The van der Waals surface area contributed by atoms with E-state index >= 15 is 0 Å². The zero-order chi connectivity index (χ0) is 24.6. The molecule has 2 aromatic rings. The summed E-state index contributed by atoms with van der Waals surface area (Å²) in [4.78, 5) is 28.5. The minimum absolute atomic E-state index is 0.0942. The van der Waals surface area contributed by atoms with Gasteiger partial charge in [0.25, 0.3) is 0 Å². The fourth-order valence-corrected chi connectivity index (χ4v) is 6.14. The summed E-state index contributed by atoms with van der Waals surface area (Å²) < 4.78 is 12.4. The first-order chi connectivity index (χ1) is 16.1. The summed E-state index contributed by atoms with van der Waals surface area (Å²) in [6, 6.07) is 9.81. The molecule has 0 spiro atoms. The number of aryl methyl sites for hydroxylation is 1. The van der Waals surface area contributed by atoms with Gasteiger partial charge < -0.3 is 14.8 Å². The average Bonchev–Trinajstić information content (AvgIpc) is 3.11. The van der Waals surface area contributed by atoms with Crippen LogP contribution in [0.5, 0.6) is 5.75 Å². The van der Waals surface area contributed by atoms with Crippen molar-refractivity contribution in [1.82, 2.24) is 5.32 Å². The number of hydrogen-bond donors (Lipinski definition) is 1. The molecule has 1 aliphatic carbocycles. The number of dihydropyridines is 1. The van der Waals surface area contributed by atoms with Gasteiger partial charge in [0.15, 0.2) is 5.78 Å². The van der Waals surface area contributed by atoms with Crippen molar-refractivity contribution in [2.24, 2.45) is 5.41 Å². The Morgan fingerprint density at radius 3 is 2.59 bits per heavy atom. The molecule has 1 aromatic carbocycles. The van der Waals surface area contributed by atoms with Crippen LogP contribution in [0.25, 0.3) is 0 Å². The zero-order valence-corrected chi connectivity index (χ0v) is 22.6. The number of esters is 1. The van der Waals surface area contributed by atoms with E-state index in [0.29, 0.717) is 24.2 Å². The molecule has 4 rings (SSSR count). The van der Waals surface area contributed by atoms with Gasteiger partial charge in [0.2, 0.25) is 0 Å². The number of rotatable bonds is 6. The van der Waals surface area contributed by atoms with Gasteiger partial charge >= 0.3 is 5.97 Å². The Balaban J connectivity index is 1.72. The molecule has 0 saturated heterocycles. The van der Waals surface area contributed by atoms with Gasteiger partial charge in [-0.15, -0.1) is 11.3 Å². The molecule has 0 saturated carbocycles. The van der Waals surface area contributed by atoms with Crippen molar-refractivity contribution < 1.29 is 19.1 Å². The number of ether oxygens (including phenoxy) is 2. The molecule has 1 aliphatic heterocycles. The van der Waals surface area contributed by atoms with Gasteiger partial charge in [0, 0.05) is 43.2 Å². The number of ketones is 1. The van der Waals surface area contributed by atoms with E-state index in [0.717, 1.165) is 43.4 Å². The topological polar surface area (TPSA) is 64.6 Å². The molecule has 7 heteroatoms. The lowest BCUT2D eigenvalue weighted by molar-refractivity contribution is -0.138. The number of allylic oxidation sites excluding steroid dienone is 3. The minimum atomic E-state index is -0.427. The summed E-state index contributed by atoms with van der Waals surface area (Å²) in [6.07, 6.45) is 1.23. The average molecular weight is 545 g/mol. The van der Waals surface area contributed by atoms with Crippen LogP contribution < -0.4 is 10.1 Å². The summed E-state index contributed by atoms with van der Waals surface area (Å²) in [7, 11) is 0. The Bertz CT molecular complexity index is 1190. The SMILES string of the molecule is CCOC(=O)C1=C(C)NC2=C(C(=O)CC(C)(C)C2)[C@H]1c1cc(COc2ccc(Br)cc2)c(C)s1. The number of hydrogen-bond acceptors (Lipinski definition) is 6. The van der Waals surface area contributed by atoms with E-state index in [4.69, 9.17) is 9.47 Å². The van der Waals surface area contributed by atoms with Crippen molar-refractivity contribution in [2.45, 2.75) is 60.0 Å². The van der Waals surface area contributed by atoms with Crippen LogP contribution in [-0.2, 0) is 20.9 Å². The van der Waals surface area contributed by atoms with E-state index in [1.54, 1.807) is 18.3 Å². The lowest BCUT2D eigenvalue weighted by Gasteiger charge is -2.39. The Morgan fingerprint density at radius 1 is 1.21 bits per heavy atom. The Hall–Kier alpha value is -2.38. The Labute approximate surface area is 213 Å². The number of carbonyl (C=O) groups is 2. The summed E-state index contributed by atoms with van der Waals surface area (Å²) in [5, 5.41) is 3.38. The van der Waals surface area contributed by atoms with Gasteiger partial charge in [-0.25, -0.2) is 4.79 Å². The maximum absolute atomic E-state index is 13.4. The smallest absolute Gasteiger partial charge is 0.336 e. The molecule has 0 radical (unpaired) electrons. The molecule has 1 aromatic heterocycles. The van der Waals surface area contributed by atoms with E-state index in [1.807, 2.05) is 31.2 Å². The first-order valence-corrected chi connectivity index (χ1v) is 13.1. The third-order valence-corrected chi connectivity index (χ3v) is 7.95. The van der Waals surface area contributed by atoms with E-state index in [1.165, 1.54) is 0 Å². The standard InChI is InChI=1S/C27H30BrNO4S/c1-6-32-26(31)23-15(2)29-20-12-27(4,5)13-21(30)24(20)25(23)22-11-17(16(3)34-22)14-33-19-9-7-18(28)8-10-19/h7-11,25,29H,6,12-14H2,1-5H3/t25-/m0/s1. The highest BCUT2D eigenvalue weighted by molar-refractivity contribution is 9.10. The van der Waals surface area contributed by atoms with Crippen LogP contribution in [-0.4, -0.2) is 18.4 Å². The third-order valence-electron chi connectivity index (χ3n) is 6.27. The molecule has 180 valence electrons. The third kappa shape index (κ3) is 5.01. The lowest BCUT2D eigenvalue weighted by atomic mass is 9.70. The van der Waals surface area contributed by atoms with Crippen molar-refractivity contribution in [2.75, 3.05) is 6.61 Å². The van der Waals surface area contributed by atoms with Crippen LogP contribution in [0.4, 0.5) is 0 Å². The molecule has 2 heterocycles. The fraction of sp³-hybridized carbons (Fsp3) is 0.407. The van der Waals surface area contributed by atoms with Gasteiger partial charge in [0.05, 0.1) is 18.1 Å². The van der Waals surface area contributed by atoms with Crippen LogP contribution in [0.15, 0.2) is 57.3 Å². The normalized spacial score (nSPS) is 19.6. The van der Waals surface area contributed by atoms with Crippen LogP contribution >= 0.6 is 27.3 Å². The molecule has 1 atom stereocenters. The van der Waals surface area contributed by atoms with E-state index in [9.17, 15) is 9.59 Å². The molecule has 0 bridgehead atoms. The highest BCUT2D eigenvalue weighted by Crippen LogP contribution is 2.48. The second kappa shape index (κ2) is 9.70. The number of thiophene rings is 1. The molecular weight excluding hydrogens is 514 g/mol. The molecule has 0 unspecified atom stereocenters. The number of benzene rings is 1. The maximum atomic E-state index is 13.4. The Kier molecular flexibility index (Phi) is 7.06. The number of nitrogens with one attached hydrogen (secondary N) is 1. The predicted octanol–water partition coefficient (Wildman–Crippen LogP) is 6.57. The quantitative estimate of drug-likeness (QED) is 0.417. The largest absolute Gasteiger partial charge is 0.489 e. The second-order valence-corrected chi connectivity index (χ2v) is 11.8. The van der Waals surface area contributed by atoms with Crippen molar-refractivity contribution in [3.05, 3.63) is 72.7 Å². The van der Waals surface area contributed by atoms with Crippen molar-refractivity contribution in [1.29, 1.82) is 0 Å². The van der Waals surface area contributed by atoms with Crippen molar-refractivity contribution >= 4 is 39.0 Å². The summed E-state index contributed by atoms with van der Waals surface area (Å²) in [6.45, 7) is 10.7. The first-order valence-electron chi connectivity index (χ1n) is 11.5. The van der Waals surface area contributed by atoms with E-state index in [-0.39, 0.29) is 23.8 Å². The maximum Gasteiger partial charge on any atom is 0.336 e. The van der Waals surface area contributed by atoms with Crippen molar-refractivity contribution in [3.8, 4) is 5.75 Å². The van der Waals surface area contributed by atoms with Crippen molar-refractivity contribution in [3.63, 3.8) is 0 Å². The van der Waals surface area contributed by atoms with E-state index < -0.39 is 5.92 Å². The highest BCUT2D eigenvalue weighted by Gasteiger charge is 2.43. The molecule has 0 fully saturated rings. The van der Waals surface area contributed by atoms with Crippen LogP contribution in [0.3, 0.4) is 0 Å². The highest BCUT2D eigenvalue weighted by atomic mass is 79.9. The summed E-state index contributed by atoms with van der Waals surface area (Å²) >= 11 is 5.05. The number of halogens is 1. The molecule has 1 N–H and O–H groups in total. The van der Waals surface area contributed by atoms with Crippen LogP contribution in [0.1, 0.15) is 61.8 Å². The molecule has 34 heavy (non-hydrogen) atoms. The molecular formula is C27H30BrNO4S. The molecule has 0 amide bonds.